The molecule has 0 aromatic carbocycles. The second-order valence-electron chi connectivity index (χ2n) is 5.49. The maximum absolute atomic E-state index is 4.31. The summed E-state index contributed by atoms with van der Waals surface area (Å²) in [5.41, 5.74) is 0. The smallest absolute Gasteiger partial charge is 0.133 e. The number of hydrogen-bond donors (Lipinski definition) is 1. The van der Waals surface area contributed by atoms with Gasteiger partial charge >= 0.3 is 0 Å². The van der Waals surface area contributed by atoms with Crippen LogP contribution >= 0.6 is 0 Å². The molecule has 94 valence electrons. The monoisotopic (exact) mass is 234 g/mol. The minimum Gasteiger partial charge on any atom is -0.316 e. The maximum atomic E-state index is 4.31. The van der Waals surface area contributed by atoms with E-state index in [1.165, 1.54) is 57.4 Å². The van der Waals surface area contributed by atoms with Gasteiger partial charge in [0.05, 0.1) is 0 Å². The summed E-state index contributed by atoms with van der Waals surface area (Å²) >= 11 is 0. The molecule has 0 radical (unpaired) electrons. The Bertz CT molecular complexity index is 348. The van der Waals surface area contributed by atoms with Crippen LogP contribution in [0.5, 0.6) is 0 Å². The second-order valence-corrected chi connectivity index (χ2v) is 5.49. The highest BCUT2D eigenvalue weighted by Crippen LogP contribution is 2.30. The van der Waals surface area contributed by atoms with Gasteiger partial charge in [-0.3, -0.25) is 0 Å². The molecule has 1 N–H and O–H groups in total. The number of hydrogen-bond acceptors (Lipinski definition) is 3. The van der Waals surface area contributed by atoms with Crippen LogP contribution in [0.4, 0.5) is 0 Å². The molecule has 2 fully saturated rings. The van der Waals surface area contributed by atoms with Gasteiger partial charge in [-0.25, -0.2) is 0 Å². The van der Waals surface area contributed by atoms with E-state index in [9.17, 15) is 0 Å². The van der Waals surface area contributed by atoms with Gasteiger partial charge in [-0.15, -0.1) is 10.2 Å². The van der Waals surface area contributed by atoms with Crippen LogP contribution in [0.15, 0.2) is 6.33 Å². The largest absolute Gasteiger partial charge is 0.316 e. The summed E-state index contributed by atoms with van der Waals surface area (Å²) in [6.07, 6.45) is 11.0. The molecule has 1 aliphatic carbocycles. The van der Waals surface area contributed by atoms with Gasteiger partial charge in [0.2, 0.25) is 0 Å². The minimum absolute atomic E-state index is 0.682. The Morgan fingerprint density at radius 1 is 1.29 bits per heavy atom. The van der Waals surface area contributed by atoms with Gasteiger partial charge < -0.3 is 9.88 Å². The van der Waals surface area contributed by atoms with Gasteiger partial charge in [-0.1, -0.05) is 12.8 Å². The highest BCUT2D eigenvalue weighted by atomic mass is 15.3. The second kappa shape index (κ2) is 5.17. The van der Waals surface area contributed by atoms with Gasteiger partial charge in [-0.05, 0) is 44.7 Å². The van der Waals surface area contributed by atoms with Crippen molar-refractivity contribution in [1.82, 2.24) is 20.1 Å². The first-order valence-corrected chi connectivity index (χ1v) is 7.02. The van der Waals surface area contributed by atoms with Gasteiger partial charge in [0.15, 0.2) is 0 Å². The summed E-state index contributed by atoms with van der Waals surface area (Å²) in [4.78, 5) is 0. The SMILES string of the molecule is c1nnc(CCC2CCNC2)n1C1CCCC1. The topological polar surface area (TPSA) is 42.7 Å². The Morgan fingerprint density at radius 3 is 2.94 bits per heavy atom. The third kappa shape index (κ3) is 2.51. The molecule has 0 spiro atoms. The number of rotatable bonds is 4. The molecule has 17 heavy (non-hydrogen) atoms. The van der Waals surface area contributed by atoms with Crippen molar-refractivity contribution in [3.05, 3.63) is 12.2 Å². The van der Waals surface area contributed by atoms with E-state index in [0.29, 0.717) is 6.04 Å². The molecule has 0 amide bonds. The predicted octanol–water partition coefficient (Wildman–Crippen LogP) is 1.94. The van der Waals surface area contributed by atoms with Crippen molar-refractivity contribution in [2.75, 3.05) is 13.1 Å². The Hall–Kier alpha value is -0.900. The number of nitrogens with zero attached hydrogens (tertiary/aromatic N) is 3. The standard InChI is InChI=1S/C13H22N4/c1-2-4-12(3-1)17-10-15-16-13(17)6-5-11-7-8-14-9-11/h10-12,14H,1-9H2. The van der Waals surface area contributed by atoms with Crippen molar-refractivity contribution in [3.63, 3.8) is 0 Å². The summed E-state index contributed by atoms with van der Waals surface area (Å²) in [7, 11) is 0. The molecule has 1 aromatic rings. The van der Waals surface area contributed by atoms with E-state index in [1.54, 1.807) is 0 Å². The Labute approximate surface area is 103 Å². The van der Waals surface area contributed by atoms with Crippen LogP contribution < -0.4 is 5.32 Å². The molecule has 1 saturated carbocycles. The number of nitrogens with one attached hydrogen (secondary N) is 1. The highest BCUT2D eigenvalue weighted by molar-refractivity contribution is 4.92. The van der Waals surface area contributed by atoms with Crippen LogP contribution in [-0.2, 0) is 6.42 Å². The van der Waals surface area contributed by atoms with Crippen LogP contribution in [0.1, 0.15) is 50.4 Å². The van der Waals surface area contributed by atoms with E-state index in [0.717, 1.165) is 12.3 Å². The zero-order valence-electron chi connectivity index (χ0n) is 10.4. The van der Waals surface area contributed by atoms with Crippen LogP contribution in [0.3, 0.4) is 0 Å². The lowest BCUT2D eigenvalue weighted by Gasteiger charge is -2.14. The lowest BCUT2D eigenvalue weighted by Crippen LogP contribution is -2.12. The maximum Gasteiger partial charge on any atom is 0.133 e. The fourth-order valence-electron chi connectivity index (χ4n) is 3.23. The number of aryl methyl sites for hydroxylation is 1. The van der Waals surface area contributed by atoms with Crippen molar-refractivity contribution < 1.29 is 0 Å². The summed E-state index contributed by atoms with van der Waals surface area (Å²) in [5.74, 6) is 2.06. The predicted molar refractivity (Wildman–Crippen MR) is 66.8 cm³/mol. The molecule has 4 nitrogen and oxygen atoms in total. The third-order valence-corrected chi connectivity index (χ3v) is 4.30. The Balaban J connectivity index is 1.60. The molecule has 0 bridgehead atoms. The van der Waals surface area contributed by atoms with E-state index in [2.05, 4.69) is 20.1 Å². The normalized spacial score (nSPS) is 25.8. The summed E-state index contributed by atoms with van der Waals surface area (Å²) < 4.78 is 2.34. The fourth-order valence-corrected chi connectivity index (χ4v) is 3.23. The van der Waals surface area contributed by atoms with Crippen LogP contribution in [0.25, 0.3) is 0 Å². The molecule has 1 unspecified atom stereocenters. The average molecular weight is 234 g/mol. The van der Waals surface area contributed by atoms with Crippen molar-refractivity contribution in [2.24, 2.45) is 5.92 Å². The van der Waals surface area contributed by atoms with Crippen LogP contribution in [-0.4, -0.2) is 27.9 Å². The zero-order valence-corrected chi connectivity index (χ0v) is 10.4. The van der Waals surface area contributed by atoms with Crippen LogP contribution in [0.2, 0.25) is 0 Å². The lowest BCUT2D eigenvalue weighted by molar-refractivity contribution is 0.469. The van der Waals surface area contributed by atoms with Gasteiger partial charge in [-0.2, -0.15) is 0 Å². The Morgan fingerprint density at radius 2 is 2.18 bits per heavy atom. The first kappa shape index (κ1) is 11.2. The highest BCUT2D eigenvalue weighted by Gasteiger charge is 2.21. The molecular formula is C13H22N4. The van der Waals surface area contributed by atoms with Crippen molar-refractivity contribution >= 4 is 0 Å². The molecule has 1 aliphatic heterocycles. The molecule has 3 rings (SSSR count). The lowest BCUT2D eigenvalue weighted by atomic mass is 10.0. The third-order valence-electron chi connectivity index (χ3n) is 4.30. The van der Waals surface area contributed by atoms with E-state index >= 15 is 0 Å². The summed E-state index contributed by atoms with van der Waals surface area (Å²) in [5, 5.41) is 11.9. The molecular weight excluding hydrogens is 212 g/mol. The average Bonchev–Trinajstić information content (AvgIpc) is 3.09. The van der Waals surface area contributed by atoms with E-state index in [1.807, 2.05) is 6.33 Å². The molecule has 1 atom stereocenters. The quantitative estimate of drug-likeness (QED) is 0.865. The first-order chi connectivity index (χ1) is 8.43. The fraction of sp³-hybridized carbons (Fsp3) is 0.846. The van der Waals surface area contributed by atoms with Gasteiger partial charge in [0.1, 0.15) is 12.2 Å². The van der Waals surface area contributed by atoms with E-state index in [4.69, 9.17) is 0 Å². The molecule has 2 heterocycles. The van der Waals surface area contributed by atoms with Crippen molar-refractivity contribution in [3.8, 4) is 0 Å². The summed E-state index contributed by atoms with van der Waals surface area (Å²) in [6, 6.07) is 0.682. The number of aromatic nitrogens is 3. The molecule has 1 saturated heterocycles. The Kier molecular flexibility index (Phi) is 3.41. The van der Waals surface area contributed by atoms with E-state index in [-0.39, 0.29) is 0 Å². The molecule has 4 heteroatoms. The minimum atomic E-state index is 0.682. The first-order valence-electron chi connectivity index (χ1n) is 7.02. The van der Waals surface area contributed by atoms with Crippen LogP contribution in [0, 0.1) is 5.92 Å². The summed E-state index contributed by atoms with van der Waals surface area (Å²) in [6.45, 7) is 2.39. The van der Waals surface area contributed by atoms with Gasteiger partial charge in [0, 0.05) is 12.5 Å². The van der Waals surface area contributed by atoms with E-state index < -0.39 is 0 Å². The van der Waals surface area contributed by atoms with Gasteiger partial charge in [0.25, 0.3) is 0 Å². The zero-order chi connectivity index (χ0) is 11.5. The van der Waals surface area contributed by atoms with Crippen molar-refractivity contribution in [1.29, 1.82) is 0 Å². The molecule has 1 aromatic heterocycles. The molecule has 2 aliphatic rings. The van der Waals surface area contributed by atoms with Crippen molar-refractivity contribution in [2.45, 2.75) is 51.0 Å².